The molecule has 9 nitrogen and oxygen atoms in total. The minimum Gasteiger partial charge on any atom is -0.350 e. The molecule has 1 amide bonds. The van der Waals surface area contributed by atoms with E-state index in [0.29, 0.717) is 18.7 Å². The van der Waals surface area contributed by atoms with Gasteiger partial charge in [-0.3, -0.25) is 9.59 Å². The number of hydrogen-bond acceptors (Lipinski definition) is 5. The number of rotatable bonds is 4. The number of benzene rings is 1. The van der Waals surface area contributed by atoms with E-state index in [1.54, 1.807) is 13.1 Å². The first-order valence-corrected chi connectivity index (χ1v) is 8.18. The fourth-order valence-corrected chi connectivity index (χ4v) is 2.99. The Morgan fingerprint density at radius 2 is 2.12 bits per heavy atom. The molecule has 0 radical (unpaired) electrons. The molecule has 0 aliphatic heterocycles. The van der Waals surface area contributed by atoms with Crippen LogP contribution in [-0.2, 0) is 13.5 Å². The minimum absolute atomic E-state index is 0.0104. The lowest BCUT2D eigenvalue weighted by Crippen LogP contribution is -2.28. The Labute approximate surface area is 147 Å². The van der Waals surface area contributed by atoms with Crippen molar-refractivity contribution in [3.05, 3.63) is 58.0 Å². The average molecular weight is 351 g/mol. The summed E-state index contributed by atoms with van der Waals surface area (Å²) in [4.78, 5) is 31.7. The molecular weight excluding hydrogens is 334 g/mol. The third kappa shape index (κ3) is 2.63. The van der Waals surface area contributed by atoms with E-state index in [9.17, 15) is 9.59 Å². The lowest BCUT2D eigenvalue weighted by atomic mass is 10.3. The van der Waals surface area contributed by atoms with Gasteiger partial charge in [0.1, 0.15) is 5.82 Å². The second-order valence-corrected chi connectivity index (χ2v) is 6.08. The van der Waals surface area contributed by atoms with Crippen LogP contribution >= 0.6 is 0 Å². The topological polar surface area (TPSA) is 110 Å². The Balaban J connectivity index is 1.51. The van der Waals surface area contributed by atoms with Crippen LogP contribution in [0.15, 0.2) is 35.3 Å². The van der Waals surface area contributed by atoms with Crippen molar-refractivity contribution in [2.24, 2.45) is 7.05 Å². The Kier molecular flexibility index (Phi) is 3.76. The predicted octanol–water partition coefficient (Wildman–Crippen LogP) is 0.585. The number of aromatic nitrogens is 6. The number of carbonyl (C=O) groups excluding carboxylic acids is 1. The van der Waals surface area contributed by atoms with Gasteiger partial charge in [-0.25, -0.2) is 9.50 Å². The number of carbonyl (C=O) groups is 1. The second-order valence-electron chi connectivity index (χ2n) is 6.08. The smallest absolute Gasteiger partial charge is 0.276 e. The van der Waals surface area contributed by atoms with Crippen molar-refractivity contribution >= 4 is 22.5 Å². The van der Waals surface area contributed by atoms with E-state index < -0.39 is 11.5 Å². The summed E-state index contributed by atoms with van der Waals surface area (Å²) in [5.41, 5.74) is 2.35. The van der Waals surface area contributed by atoms with E-state index in [4.69, 9.17) is 0 Å². The summed E-state index contributed by atoms with van der Waals surface area (Å²) >= 11 is 0. The summed E-state index contributed by atoms with van der Waals surface area (Å²) in [5.74, 6) is 0.431. The van der Waals surface area contributed by atoms with Crippen LogP contribution in [0.3, 0.4) is 0 Å². The number of nitrogens with zero attached hydrogens (tertiary/aromatic N) is 5. The van der Waals surface area contributed by atoms with Gasteiger partial charge in [0.2, 0.25) is 0 Å². The van der Waals surface area contributed by atoms with Crippen LogP contribution in [-0.4, -0.2) is 41.8 Å². The Hall–Kier alpha value is -3.49. The summed E-state index contributed by atoms with van der Waals surface area (Å²) in [6.45, 7) is 2.11. The van der Waals surface area contributed by atoms with Gasteiger partial charge in [-0.15, -0.1) is 5.10 Å². The SMILES string of the molecule is Cc1cn2nnc(C(=O)NCCc3nc4ccccc4n3C)c2c(=O)[nH]1. The molecule has 0 fully saturated rings. The molecule has 1 aromatic carbocycles. The van der Waals surface area contributed by atoms with E-state index in [-0.39, 0.29) is 11.2 Å². The lowest BCUT2D eigenvalue weighted by molar-refractivity contribution is 0.0950. The van der Waals surface area contributed by atoms with Crippen molar-refractivity contribution < 1.29 is 4.79 Å². The molecule has 0 saturated carbocycles. The van der Waals surface area contributed by atoms with Crippen LogP contribution in [0, 0.1) is 6.92 Å². The summed E-state index contributed by atoms with van der Waals surface area (Å²) in [7, 11) is 1.95. The van der Waals surface area contributed by atoms with E-state index in [0.717, 1.165) is 16.9 Å². The van der Waals surface area contributed by atoms with Crippen molar-refractivity contribution in [1.29, 1.82) is 0 Å². The summed E-state index contributed by atoms with van der Waals surface area (Å²) in [5, 5.41) is 10.5. The van der Waals surface area contributed by atoms with Gasteiger partial charge in [0.15, 0.2) is 11.2 Å². The Morgan fingerprint density at radius 1 is 1.31 bits per heavy atom. The maximum atomic E-state index is 12.4. The van der Waals surface area contributed by atoms with Crippen molar-refractivity contribution in [2.45, 2.75) is 13.3 Å². The highest BCUT2D eigenvalue weighted by molar-refractivity contribution is 5.98. The number of hydrogen-bond donors (Lipinski definition) is 2. The standard InChI is InChI=1S/C17H17N7O2/c1-10-9-24-15(17(26)19-10)14(21-22-24)16(25)18-8-7-13-20-11-5-3-4-6-12(11)23(13)2/h3-6,9H,7-8H2,1-2H3,(H,18,25)(H,19,26). The molecule has 0 atom stereocenters. The molecule has 2 N–H and O–H groups in total. The summed E-state index contributed by atoms with van der Waals surface area (Å²) in [6, 6.07) is 7.86. The molecule has 9 heteroatoms. The van der Waals surface area contributed by atoms with Crippen LogP contribution < -0.4 is 10.9 Å². The van der Waals surface area contributed by atoms with Crippen LogP contribution in [0.5, 0.6) is 0 Å². The van der Waals surface area contributed by atoms with Gasteiger partial charge in [0.05, 0.1) is 17.2 Å². The van der Waals surface area contributed by atoms with Crippen molar-refractivity contribution in [1.82, 2.24) is 34.7 Å². The minimum atomic E-state index is -0.437. The number of H-pyrrole nitrogens is 1. The first-order valence-electron chi connectivity index (χ1n) is 8.18. The van der Waals surface area contributed by atoms with Gasteiger partial charge in [-0.1, -0.05) is 17.3 Å². The fraction of sp³-hybridized carbons (Fsp3) is 0.235. The van der Waals surface area contributed by atoms with Crippen LogP contribution in [0.2, 0.25) is 0 Å². The number of aryl methyl sites for hydroxylation is 2. The van der Waals surface area contributed by atoms with Crippen LogP contribution in [0.25, 0.3) is 16.6 Å². The number of fused-ring (bicyclic) bond motifs is 2. The zero-order chi connectivity index (χ0) is 18.3. The number of aromatic amines is 1. The molecule has 0 aliphatic carbocycles. The molecule has 3 aromatic heterocycles. The quantitative estimate of drug-likeness (QED) is 0.559. The van der Waals surface area contributed by atoms with Gasteiger partial charge in [0.25, 0.3) is 11.5 Å². The maximum absolute atomic E-state index is 12.4. The average Bonchev–Trinajstić information content (AvgIpc) is 3.17. The van der Waals surface area contributed by atoms with Crippen LogP contribution in [0.4, 0.5) is 0 Å². The van der Waals surface area contributed by atoms with Crippen molar-refractivity contribution in [3.63, 3.8) is 0 Å². The highest BCUT2D eigenvalue weighted by Gasteiger charge is 2.18. The van der Waals surface area contributed by atoms with Gasteiger partial charge in [0, 0.05) is 25.7 Å². The number of imidazole rings is 1. The first-order chi connectivity index (χ1) is 12.5. The predicted molar refractivity (Wildman–Crippen MR) is 95.1 cm³/mol. The maximum Gasteiger partial charge on any atom is 0.276 e. The zero-order valence-corrected chi connectivity index (χ0v) is 14.4. The third-order valence-corrected chi connectivity index (χ3v) is 4.27. The van der Waals surface area contributed by atoms with Crippen molar-refractivity contribution in [3.8, 4) is 0 Å². The summed E-state index contributed by atoms with van der Waals surface area (Å²) < 4.78 is 3.32. The fourth-order valence-electron chi connectivity index (χ4n) is 2.99. The van der Waals surface area contributed by atoms with E-state index in [2.05, 4.69) is 25.6 Å². The molecule has 0 saturated heterocycles. The molecule has 132 valence electrons. The van der Waals surface area contributed by atoms with Gasteiger partial charge >= 0.3 is 0 Å². The molecule has 0 aliphatic rings. The Morgan fingerprint density at radius 3 is 2.92 bits per heavy atom. The molecule has 4 aromatic rings. The van der Waals surface area contributed by atoms with E-state index >= 15 is 0 Å². The molecule has 26 heavy (non-hydrogen) atoms. The molecule has 0 spiro atoms. The van der Waals surface area contributed by atoms with Gasteiger partial charge < -0.3 is 14.9 Å². The number of amides is 1. The normalized spacial score (nSPS) is 11.3. The highest BCUT2D eigenvalue weighted by Crippen LogP contribution is 2.14. The molecular formula is C17H17N7O2. The van der Waals surface area contributed by atoms with Crippen molar-refractivity contribution in [2.75, 3.05) is 6.54 Å². The largest absolute Gasteiger partial charge is 0.350 e. The monoisotopic (exact) mass is 351 g/mol. The second kappa shape index (κ2) is 6.10. The summed E-state index contributed by atoms with van der Waals surface area (Å²) in [6.07, 6.45) is 2.17. The first kappa shape index (κ1) is 16.0. The number of nitrogens with one attached hydrogen (secondary N) is 2. The molecule has 4 rings (SSSR count). The Bertz CT molecular complexity index is 1180. The van der Waals surface area contributed by atoms with Gasteiger partial charge in [-0.05, 0) is 19.1 Å². The van der Waals surface area contributed by atoms with E-state index in [1.165, 1.54) is 4.52 Å². The van der Waals surface area contributed by atoms with Crippen LogP contribution in [0.1, 0.15) is 22.0 Å². The lowest BCUT2D eigenvalue weighted by Gasteiger charge is -2.04. The molecule has 3 heterocycles. The highest BCUT2D eigenvalue weighted by atomic mass is 16.2. The molecule has 0 unspecified atom stereocenters. The third-order valence-electron chi connectivity index (χ3n) is 4.27. The van der Waals surface area contributed by atoms with E-state index in [1.807, 2.05) is 35.9 Å². The molecule has 0 bridgehead atoms. The van der Waals surface area contributed by atoms with Gasteiger partial charge in [-0.2, -0.15) is 0 Å². The zero-order valence-electron chi connectivity index (χ0n) is 14.4. The number of para-hydroxylation sites is 2.